The van der Waals surface area contributed by atoms with Crippen LogP contribution in [0.15, 0.2) is 48.5 Å². The normalized spacial score (nSPS) is 10.0. The molecular weight excluding hydrogens is 374 g/mol. The molecule has 0 aliphatic carbocycles. The Hall–Kier alpha value is -3.68. The molecule has 8 heteroatoms. The van der Waals surface area contributed by atoms with Crippen molar-refractivity contribution in [2.24, 2.45) is 0 Å². The van der Waals surface area contributed by atoms with Crippen LogP contribution in [0.1, 0.15) is 29.3 Å². The van der Waals surface area contributed by atoms with E-state index in [9.17, 15) is 19.2 Å². The van der Waals surface area contributed by atoms with Crippen molar-refractivity contribution in [2.75, 3.05) is 24.3 Å². The van der Waals surface area contributed by atoms with Crippen molar-refractivity contribution >= 4 is 35.1 Å². The lowest BCUT2D eigenvalue weighted by Gasteiger charge is -2.09. The number of rotatable bonds is 7. The molecule has 0 spiro atoms. The zero-order valence-electron chi connectivity index (χ0n) is 16.3. The van der Waals surface area contributed by atoms with E-state index in [0.717, 1.165) is 6.42 Å². The lowest BCUT2D eigenvalue weighted by molar-refractivity contribution is -0.139. The molecule has 152 valence electrons. The molecule has 0 radical (unpaired) electrons. The Labute approximate surface area is 168 Å². The minimum atomic E-state index is -0.856. The molecule has 0 fully saturated rings. The summed E-state index contributed by atoms with van der Waals surface area (Å²) in [5.41, 5.74) is 1.88. The Morgan fingerprint density at radius 3 is 2.17 bits per heavy atom. The minimum Gasteiger partial charge on any atom is -0.469 e. The van der Waals surface area contributed by atoms with Crippen molar-refractivity contribution < 1.29 is 23.9 Å². The van der Waals surface area contributed by atoms with Crippen LogP contribution in [0.2, 0.25) is 0 Å². The molecule has 2 rings (SSSR count). The topological polar surface area (TPSA) is 114 Å². The number of anilines is 2. The Balaban J connectivity index is 1.94. The molecule has 0 unspecified atom stereocenters. The summed E-state index contributed by atoms with van der Waals surface area (Å²) < 4.78 is 4.61. The number of hydrogen-bond acceptors (Lipinski definition) is 5. The van der Waals surface area contributed by atoms with Gasteiger partial charge in [-0.05, 0) is 48.4 Å². The first-order valence-electron chi connectivity index (χ1n) is 9.09. The van der Waals surface area contributed by atoms with E-state index in [4.69, 9.17) is 0 Å². The summed E-state index contributed by atoms with van der Waals surface area (Å²) in [5, 5.41) is 7.70. The second-order valence-electron chi connectivity index (χ2n) is 6.19. The van der Waals surface area contributed by atoms with Gasteiger partial charge in [0.25, 0.3) is 5.91 Å². The van der Waals surface area contributed by atoms with Gasteiger partial charge in [-0.25, -0.2) is 0 Å². The van der Waals surface area contributed by atoms with Crippen molar-refractivity contribution in [3.63, 3.8) is 0 Å². The molecule has 8 nitrogen and oxygen atoms in total. The van der Waals surface area contributed by atoms with Crippen molar-refractivity contribution in [3.05, 3.63) is 59.7 Å². The number of ether oxygens (including phenoxy) is 1. The van der Waals surface area contributed by atoms with Gasteiger partial charge in [0.2, 0.25) is 0 Å². The fourth-order valence-electron chi connectivity index (χ4n) is 2.42. The average molecular weight is 397 g/mol. The number of carbonyl (C=O) groups excluding carboxylic acids is 4. The SMILES string of the molecule is CCCNC(=O)c1ccc(NC(=O)C(=O)Nc2cccc(CC(=O)OC)c2)cc1. The summed E-state index contributed by atoms with van der Waals surface area (Å²) in [7, 11) is 1.29. The highest BCUT2D eigenvalue weighted by Gasteiger charge is 2.15. The summed E-state index contributed by atoms with van der Waals surface area (Å²) >= 11 is 0. The highest BCUT2D eigenvalue weighted by Crippen LogP contribution is 2.13. The highest BCUT2D eigenvalue weighted by molar-refractivity contribution is 6.43. The van der Waals surface area contributed by atoms with Crippen LogP contribution >= 0.6 is 0 Å². The van der Waals surface area contributed by atoms with Crippen LogP contribution in [0.25, 0.3) is 0 Å². The third-order valence-corrected chi connectivity index (χ3v) is 3.91. The van der Waals surface area contributed by atoms with E-state index < -0.39 is 17.8 Å². The monoisotopic (exact) mass is 397 g/mol. The third-order valence-electron chi connectivity index (χ3n) is 3.91. The molecule has 0 atom stereocenters. The van der Waals surface area contributed by atoms with Crippen LogP contribution in [0.5, 0.6) is 0 Å². The van der Waals surface area contributed by atoms with E-state index in [2.05, 4.69) is 20.7 Å². The number of amides is 3. The zero-order chi connectivity index (χ0) is 21.2. The van der Waals surface area contributed by atoms with Crippen molar-refractivity contribution in [3.8, 4) is 0 Å². The molecule has 0 heterocycles. The first-order chi connectivity index (χ1) is 13.9. The van der Waals surface area contributed by atoms with Gasteiger partial charge in [0.1, 0.15) is 0 Å². The Kier molecular flexibility index (Phi) is 7.90. The first-order valence-corrected chi connectivity index (χ1v) is 9.09. The van der Waals surface area contributed by atoms with E-state index in [0.29, 0.717) is 29.0 Å². The maximum atomic E-state index is 12.1. The molecule has 0 aliphatic heterocycles. The van der Waals surface area contributed by atoms with E-state index in [-0.39, 0.29) is 12.3 Å². The number of carbonyl (C=O) groups is 4. The summed E-state index contributed by atoms with van der Waals surface area (Å²) in [4.78, 5) is 47.4. The fourth-order valence-corrected chi connectivity index (χ4v) is 2.42. The van der Waals surface area contributed by atoms with E-state index in [1.165, 1.54) is 7.11 Å². The summed E-state index contributed by atoms with van der Waals surface area (Å²) in [6.07, 6.45) is 0.894. The van der Waals surface area contributed by atoms with Crippen LogP contribution in [0, 0.1) is 0 Å². The Bertz CT molecular complexity index is 893. The molecule has 0 saturated heterocycles. The number of esters is 1. The highest BCUT2D eigenvalue weighted by atomic mass is 16.5. The molecular formula is C21H23N3O5. The van der Waals surface area contributed by atoms with Crippen molar-refractivity contribution in [1.82, 2.24) is 5.32 Å². The van der Waals surface area contributed by atoms with Gasteiger partial charge in [-0.1, -0.05) is 19.1 Å². The summed E-state index contributed by atoms with van der Waals surface area (Å²) in [5.74, 6) is -2.32. The molecule has 0 aromatic heterocycles. The molecule has 3 amide bonds. The number of hydrogen-bond donors (Lipinski definition) is 3. The van der Waals surface area contributed by atoms with E-state index in [1.807, 2.05) is 6.92 Å². The Morgan fingerprint density at radius 2 is 1.55 bits per heavy atom. The number of nitrogens with one attached hydrogen (secondary N) is 3. The minimum absolute atomic E-state index is 0.0601. The first kappa shape index (κ1) is 21.6. The molecule has 0 saturated carbocycles. The molecule has 0 aliphatic rings. The molecule has 3 N–H and O–H groups in total. The number of methoxy groups -OCH3 is 1. The maximum absolute atomic E-state index is 12.1. The second-order valence-corrected chi connectivity index (χ2v) is 6.19. The molecule has 29 heavy (non-hydrogen) atoms. The Morgan fingerprint density at radius 1 is 0.897 bits per heavy atom. The molecule has 2 aromatic carbocycles. The van der Waals surface area contributed by atoms with Gasteiger partial charge in [0, 0.05) is 23.5 Å². The zero-order valence-corrected chi connectivity index (χ0v) is 16.3. The lowest BCUT2D eigenvalue weighted by atomic mass is 10.1. The van der Waals surface area contributed by atoms with Crippen LogP contribution in [0.4, 0.5) is 11.4 Å². The van der Waals surface area contributed by atoms with E-state index in [1.54, 1.807) is 48.5 Å². The van der Waals surface area contributed by atoms with Gasteiger partial charge in [0.15, 0.2) is 0 Å². The summed E-state index contributed by atoms with van der Waals surface area (Å²) in [6.45, 7) is 2.54. The van der Waals surface area contributed by atoms with Gasteiger partial charge < -0.3 is 20.7 Å². The van der Waals surface area contributed by atoms with Gasteiger partial charge in [-0.3, -0.25) is 19.2 Å². The molecule has 2 aromatic rings. The van der Waals surface area contributed by atoms with E-state index >= 15 is 0 Å². The predicted molar refractivity (Wildman–Crippen MR) is 108 cm³/mol. The average Bonchev–Trinajstić information content (AvgIpc) is 2.72. The molecule has 0 bridgehead atoms. The standard InChI is InChI=1S/C21H23N3O5/c1-3-11-22-19(26)15-7-9-16(10-8-15)23-20(27)21(28)24-17-6-4-5-14(12-17)13-18(25)29-2/h4-10,12H,3,11,13H2,1-2H3,(H,22,26)(H,23,27)(H,24,28). The van der Waals surface area contributed by atoms with Gasteiger partial charge in [-0.2, -0.15) is 0 Å². The maximum Gasteiger partial charge on any atom is 0.314 e. The van der Waals surface area contributed by atoms with Crippen LogP contribution < -0.4 is 16.0 Å². The number of benzene rings is 2. The lowest BCUT2D eigenvalue weighted by Crippen LogP contribution is -2.29. The quantitative estimate of drug-likeness (QED) is 0.489. The van der Waals surface area contributed by atoms with Crippen LogP contribution in [-0.2, 0) is 25.5 Å². The van der Waals surface area contributed by atoms with Crippen LogP contribution in [0.3, 0.4) is 0 Å². The third kappa shape index (κ3) is 6.76. The second kappa shape index (κ2) is 10.6. The fraction of sp³-hybridized carbons (Fsp3) is 0.238. The van der Waals surface area contributed by atoms with Gasteiger partial charge in [0.05, 0.1) is 13.5 Å². The smallest absolute Gasteiger partial charge is 0.314 e. The summed E-state index contributed by atoms with van der Waals surface area (Å²) in [6, 6.07) is 12.8. The van der Waals surface area contributed by atoms with Crippen molar-refractivity contribution in [1.29, 1.82) is 0 Å². The van der Waals surface area contributed by atoms with Gasteiger partial charge in [-0.15, -0.1) is 0 Å². The van der Waals surface area contributed by atoms with Crippen molar-refractivity contribution in [2.45, 2.75) is 19.8 Å². The van der Waals surface area contributed by atoms with Crippen LogP contribution in [-0.4, -0.2) is 37.3 Å². The predicted octanol–water partition coefficient (Wildman–Crippen LogP) is 2.12. The van der Waals surface area contributed by atoms with Gasteiger partial charge >= 0.3 is 17.8 Å². The largest absolute Gasteiger partial charge is 0.469 e.